The van der Waals surface area contributed by atoms with Crippen LogP contribution in [0.15, 0.2) is 0 Å². The van der Waals surface area contributed by atoms with Crippen molar-refractivity contribution in [3.63, 3.8) is 0 Å². The first-order valence-corrected chi connectivity index (χ1v) is 6.91. The van der Waals surface area contributed by atoms with Gasteiger partial charge in [0.05, 0.1) is 5.92 Å². The third kappa shape index (κ3) is 2.98. The van der Waals surface area contributed by atoms with Crippen molar-refractivity contribution in [2.45, 2.75) is 52.1 Å². The SMILES string of the molecule is CC(C)(C)C1CCC(C(F)(F)[P+](=O)O)CC1. The van der Waals surface area contributed by atoms with E-state index in [9.17, 15) is 13.3 Å². The third-order valence-corrected chi connectivity index (χ3v) is 4.57. The molecule has 94 valence electrons. The molecule has 0 amide bonds. The molecular weight excluding hydrogens is 233 g/mol. The van der Waals surface area contributed by atoms with Gasteiger partial charge in [-0.05, 0) is 41.6 Å². The molecule has 0 heterocycles. The van der Waals surface area contributed by atoms with Gasteiger partial charge >= 0.3 is 13.7 Å². The van der Waals surface area contributed by atoms with Crippen molar-refractivity contribution in [3.8, 4) is 0 Å². The van der Waals surface area contributed by atoms with Crippen molar-refractivity contribution in [1.29, 1.82) is 0 Å². The summed E-state index contributed by atoms with van der Waals surface area (Å²) >= 11 is 0. The molecule has 16 heavy (non-hydrogen) atoms. The Morgan fingerprint density at radius 2 is 1.44 bits per heavy atom. The van der Waals surface area contributed by atoms with E-state index in [1.807, 2.05) is 0 Å². The number of alkyl halides is 2. The summed E-state index contributed by atoms with van der Waals surface area (Å²) in [5.74, 6) is -0.476. The van der Waals surface area contributed by atoms with Crippen molar-refractivity contribution in [2.24, 2.45) is 17.3 Å². The lowest BCUT2D eigenvalue weighted by Crippen LogP contribution is -2.32. The van der Waals surface area contributed by atoms with Crippen molar-refractivity contribution in [3.05, 3.63) is 0 Å². The van der Waals surface area contributed by atoms with Crippen LogP contribution in [-0.4, -0.2) is 10.6 Å². The number of rotatable bonds is 2. The Hall–Kier alpha value is -0.0800. The van der Waals surface area contributed by atoms with E-state index in [1.54, 1.807) is 0 Å². The Morgan fingerprint density at radius 3 is 1.75 bits per heavy atom. The van der Waals surface area contributed by atoms with Crippen LogP contribution in [0.3, 0.4) is 0 Å². The highest BCUT2D eigenvalue weighted by Gasteiger charge is 2.58. The largest absolute Gasteiger partial charge is 0.583 e. The first kappa shape index (κ1) is 14.0. The van der Waals surface area contributed by atoms with Gasteiger partial charge in [-0.15, -0.1) is 0 Å². The van der Waals surface area contributed by atoms with Crippen molar-refractivity contribution >= 4 is 8.03 Å². The molecule has 1 rings (SSSR count). The Kier molecular flexibility index (Phi) is 4.07. The second kappa shape index (κ2) is 4.66. The first-order valence-electron chi connectivity index (χ1n) is 5.69. The van der Waals surface area contributed by atoms with E-state index in [1.165, 1.54) is 0 Å². The summed E-state index contributed by atoms with van der Waals surface area (Å²) in [6.45, 7) is 6.34. The standard InChI is InChI=1S/C11H19F2O2P/c1-10(2,3)8-4-6-9(7-5-8)11(12,13)16(14)15/h8-9H,4-7H2,1-3H3/p+1. The van der Waals surface area contributed by atoms with Crippen LogP contribution in [0.5, 0.6) is 0 Å². The molecule has 0 aromatic heterocycles. The number of halogens is 2. The molecule has 0 aromatic carbocycles. The molecular formula is C11H20F2O2P+. The molecule has 1 fully saturated rings. The molecule has 5 heteroatoms. The van der Waals surface area contributed by atoms with E-state index in [-0.39, 0.29) is 5.41 Å². The zero-order valence-corrected chi connectivity index (χ0v) is 10.9. The molecule has 1 N–H and O–H groups in total. The van der Waals surface area contributed by atoms with Crippen LogP contribution in [0.2, 0.25) is 0 Å². The minimum atomic E-state index is -3.40. The van der Waals surface area contributed by atoms with Crippen LogP contribution in [-0.2, 0) is 4.57 Å². The summed E-state index contributed by atoms with van der Waals surface area (Å²) in [4.78, 5) is 8.62. The van der Waals surface area contributed by atoms with Crippen molar-refractivity contribution < 1.29 is 18.2 Å². The topological polar surface area (TPSA) is 37.3 Å². The highest BCUT2D eigenvalue weighted by Crippen LogP contribution is 2.52. The first-order chi connectivity index (χ1) is 7.15. The maximum Gasteiger partial charge on any atom is 0.583 e. The highest BCUT2D eigenvalue weighted by atomic mass is 31.1. The summed E-state index contributed by atoms with van der Waals surface area (Å²) in [6, 6.07) is 0. The Labute approximate surface area is 96.3 Å². The molecule has 2 nitrogen and oxygen atoms in total. The molecule has 1 saturated carbocycles. The Bertz CT molecular complexity index is 266. The summed E-state index contributed by atoms with van der Waals surface area (Å²) in [5, 5.41) is 0. The second-order valence-electron chi connectivity index (χ2n) is 5.78. The minimum absolute atomic E-state index is 0.141. The molecule has 1 atom stereocenters. The Balaban J connectivity index is 2.59. The van der Waals surface area contributed by atoms with Crippen LogP contribution in [0.1, 0.15) is 46.5 Å². The fraction of sp³-hybridized carbons (Fsp3) is 1.00. The van der Waals surface area contributed by atoms with E-state index in [0.717, 1.165) is 12.8 Å². The zero-order valence-electron chi connectivity index (χ0n) is 10.0. The van der Waals surface area contributed by atoms with E-state index < -0.39 is 19.6 Å². The smallest absolute Gasteiger partial charge is 0.156 e. The van der Waals surface area contributed by atoms with Crippen LogP contribution < -0.4 is 0 Å². The predicted octanol–water partition coefficient (Wildman–Crippen LogP) is 4.17. The maximum absolute atomic E-state index is 13.3. The van der Waals surface area contributed by atoms with E-state index in [4.69, 9.17) is 4.89 Å². The van der Waals surface area contributed by atoms with E-state index in [0.29, 0.717) is 18.8 Å². The van der Waals surface area contributed by atoms with Gasteiger partial charge < -0.3 is 0 Å². The lowest BCUT2D eigenvalue weighted by atomic mass is 9.70. The van der Waals surface area contributed by atoms with Gasteiger partial charge in [0, 0.05) is 0 Å². The van der Waals surface area contributed by atoms with Gasteiger partial charge in [-0.1, -0.05) is 20.8 Å². The normalized spacial score (nSPS) is 29.0. The molecule has 0 aromatic rings. The van der Waals surface area contributed by atoms with Crippen LogP contribution in [0.4, 0.5) is 8.78 Å². The summed E-state index contributed by atoms with van der Waals surface area (Å²) in [5.41, 5.74) is -3.26. The van der Waals surface area contributed by atoms with Gasteiger partial charge in [-0.25, -0.2) is 0 Å². The van der Waals surface area contributed by atoms with Gasteiger partial charge in [0.2, 0.25) is 0 Å². The van der Waals surface area contributed by atoms with Gasteiger partial charge in [-0.3, -0.25) is 0 Å². The van der Waals surface area contributed by atoms with Gasteiger partial charge in [0.15, 0.2) is 0 Å². The van der Waals surface area contributed by atoms with Crippen molar-refractivity contribution in [1.82, 2.24) is 0 Å². The molecule has 0 spiro atoms. The molecule has 1 aliphatic rings. The lowest BCUT2D eigenvalue weighted by molar-refractivity contribution is -0.0136. The molecule has 1 unspecified atom stereocenters. The highest BCUT2D eigenvalue weighted by molar-refractivity contribution is 7.39. The fourth-order valence-corrected chi connectivity index (χ4v) is 3.03. The molecule has 0 bridgehead atoms. The fourth-order valence-electron chi connectivity index (χ4n) is 2.46. The number of hydrogen-bond acceptors (Lipinski definition) is 1. The lowest BCUT2D eigenvalue weighted by Gasteiger charge is -2.36. The third-order valence-electron chi connectivity index (χ3n) is 3.70. The van der Waals surface area contributed by atoms with E-state index in [2.05, 4.69) is 20.8 Å². The molecule has 0 aliphatic heterocycles. The van der Waals surface area contributed by atoms with Crippen LogP contribution in [0.25, 0.3) is 0 Å². The molecule has 0 radical (unpaired) electrons. The monoisotopic (exact) mass is 253 g/mol. The summed E-state index contributed by atoms with van der Waals surface area (Å²) in [6.07, 6.45) is 2.17. The second-order valence-corrected chi connectivity index (χ2v) is 6.92. The summed E-state index contributed by atoms with van der Waals surface area (Å²) < 4.78 is 37.2. The van der Waals surface area contributed by atoms with Crippen LogP contribution in [0, 0.1) is 17.3 Å². The Morgan fingerprint density at radius 1 is 1.06 bits per heavy atom. The average Bonchev–Trinajstić information content (AvgIpc) is 2.16. The molecule has 1 aliphatic carbocycles. The predicted molar refractivity (Wildman–Crippen MR) is 59.7 cm³/mol. The molecule has 0 saturated heterocycles. The maximum atomic E-state index is 13.3. The minimum Gasteiger partial charge on any atom is -0.156 e. The zero-order chi connectivity index (χ0) is 12.6. The van der Waals surface area contributed by atoms with Gasteiger partial charge in [0.1, 0.15) is 0 Å². The summed E-state index contributed by atoms with van der Waals surface area (Å²) in [7, 11) is -3.39. The van der Waals surface area contributed by atoms with Crippen molar-refractivity contribution in [2.75, 3.05) is 0 Å². The van der Waals surface area contributed by atoms with Gasteiger partial charge in [0.25, 0.3) is 0 Å². The quantitative estimate of drug-likeness (QED) is 0.750. The van der Waals surface area contributed by atoms with E-state index >= 15 is 0 Å². The van der Waals surface area contributed by atoms with Gasteiger partial charge in [-0.2, -0.15) is 13.7 Å². The average molecular weight is 253 g/mol. The number of hydrogen-bond donors (Lipinski definition) is 1. The van der Waals surface area contributed by atoms with Crippen LogP contribution >= 0.6 is 8.03 Å².